The van der Waals surface area contributed by atoms with E-state index in [0.29, 0.717) is 12.2 Å². The fraction of sp³-hybridized carbons (Fsp3) is 0.655. The summed E-state index contributed by atoms with van der Waals surface area (Å²) in [5.41, 5.74) is 1.79. The molecular formula is C29H45N3O6S. The molecule has 0 heterocycles. The van der Waals surface area contributed by atoms with E-state index in [-0.39, 0.29) is 43.3 Å². The number of nitrogens with zero attached hydrogens (tertiary/aromatic N) is 1. The number of carbonyl (C=O) groups excluding carboxylic acids is 4. The van der Waals surface area contributed by atoms with Crippen LogP contribution in [0.5, 0.6) is 0 Å². The number of thioether (sulfide) groups is 1. The standard InChI is InChI=1S/C29H45N3O6S/c1-9-37-23(33)13-15-30-26(34)25(24-18(2)11-10-12-19(24)3)32(22-17-20(22)4)27(35)21(14-16-39-8)31-28(36)38-29(5,6)7/h10-12,20-22,25H,9,13-17H2,1-8H3,(H,30,34)(H,31,36). The molecule has 4 unspecified atom stereocenters. The summed E-state index contributed by atoms with van der Waals surface area (Å²) in [7, 11) is 0. The van der Waals surface area contributed by atoms with Gasteiger partial charge in [-0.05, 0) is 89.0 Å². The first-order chi connectivity index (χ1) is 18.3. The number of aryl methyl sites for hydroxylation is 2. The molecule has 9 nitrogen and oxygen atoms in total. The molecule has 1 aliphatic carbocycles. The maximum atomic E-state index is 14.3. The van der Waals surface area contributed by atoms with E-state index in [1.165, 1.54) is 0 Å². The van der Waals surface area contributed by atoms with Crippen molar-refractivity contribution in [2.24, 2.45) is 5.92 Å². The number of alkyl carbamates (subject to hydrolysis) is 1. The normalized spacial score (nSPS) is 17.9. The molecule has 0 bridgehead atoms. The molecule has 10 heteroatoms. The van der Waals surface area contributed by atoms with E-state index >= 15 is 0 Å². The summed E-state index contributed by atoms with van der Waals surface area (Å²) in [6.07, 6.45) is 2.44. The van der Waals surface area contributed by atoms with Crippen molar-refractivity contribution in [3.8, 4) is 0 Å². The van der Waals surface area contributed by atoms with Crippen molar-refractivity contribution < 1.29 is 28.7 Å². The van der Waals surface area contributed by atoms with E-state index < -0.39 is 29.7 Å². The SMILES string of the molecule is CCOC(=O)CCNC(=O)C(c1c(C)cccc1C)N(C(=O)C(CCSC)NC(=O)OC(C)(C)C)C1CC1C. The summed E-state index contributed by atoms with van der Waals surface area (Å²) in [4.78, 5) is 54.4. The highest BCUT2D eigenvalue weighted by Gasteiger charge is 2.48. The predicted molar refractivity (Wildman–Crippen MR) is 153 cm³/mol. The van der Waals surface area contributed by atoms with Crippen LogP contribution in [0.1, 0.15) is 76.6 Å². The van der Waals surface area contributed by atoms with E-state index in [9.17, 15) is 19.2 Å². The molecule has 1 aliphatic rings. The zero-order valence-corrected chi connectivity index (χ0v) is 25.4. The molecule has 218 valence electrons. The van der Waals surface area contributed by atoms with Gasteiger partial charge in [0.2, 0.25) is 11.8 Å². The highest BCUT2D eigenvalue weighted by atomic mass is 32.2. The van der Waals surface area contributed by atoms with Crippen LogP contribution < -0.4 is 10.6 Å². The molecule has 0 spiro atoms. The first kappa shape index (κ1) is 32.5. The van der Waals surface area contributed by atoms with Crippen molar-refractivity contribution in [3.05, 3.63) is 34.9 Å². The van der Waals surface area contributed by atoms with Gasteiger partial charge in [-0.2, -0.15) is 11.8 Å². The van der Waals surface area contributed by atoms with Crippen LogP contribution in [0.2, 0.25) is 0 Å². The molecular weight excluding hydrogens is 518 g/mol. The van der Waals surface area contributed by atoms with Crippen LogP contribution in [0.3, 0.4) is 0 Å². The van der Waals surface area contributed by atoms with Crippen LogP contribution in [0.25, 0.3) is 0 Å². The van der Waals surface area contributed by atoms with Crippen LogP contribution in [0.15, 0.2) is 18.2 Å². The highest BCUT2D eigenvalue weighted by molar-refractivity contribution is 7.98. The average molecular weight is 564 g/mol. The molecule has 0 aliphatic heterocycles. The van der Waals surface area contributed by atoms with Crippen LogP contribution >= 0.6 is 11.8 Å². The Kier molecular flexibility index (Phi) is 12.1. The number of nitrogens with one attached hydrogen (secondary N) is 2. The van der Waals surface area contributed by atoms with Gasteiger partial charge in [-0.15, -0.1) is 0 Å². The Balaban J connectivity index is 2.47. The van der Waals surface area contributed by atoms with Crippen LogP contribution in [0.4, 0.5) is 4.79 Å². The Labute approximate surface area is 237 Å². The molecule has 2 rings (SSSR count). The summed E-state index contributed by atoms with van der Waals surface area (Å²) >= 11 is 1.57. The maximum Gasteiger partial charge on any atom is 0.408 e. The summed E-state index contributed by atoms with van der Waals surface area (Å²) in [5.74, 6) is -0.248. The molecule has 2 N–H and O–H groups in total. The largest absolute Gasteiger partial charge is 0.466 e. The number of esters is 1. The lowest BCUT2D eigenvalue weighted by atomic mass is 9.93. The van der Waals surface area contributed by atoms with E-state index in [2.05, 4.69) is 10.6 Å². The van der Waals surface area contributed by atoms with Gasteiger partial charge in [-0.3, -0.25) is 14.4 Å². The molecule has 1 fully saturated rings. The second kappa shape index (κ2) is 14.6. The Morgan fingerprint density at radius 1 is 1.15 bits per heavy atom. The van der Waals surface area contributed by atoms with Gasteiger partial charge < -0.3 is 25.0 Å². The number of ether oxygens (including phenoxy) is 2. The van der Waals surface area contributed by atoms with Crippen molar-refractivity contribution in [1.82, 2.24) is 15.5 Å². The minimum Gasteiger partial charge on any atom is -0.466 e. The van der Waals surface area contributed by atoms with E-state index in [1.54, 1.807) is 44.4 Å². The van der Waals surface area contributed by atoms with Crippen molar-refractivity contribution in [2.75, 3.05) is 25.2 Å². The van der Waals surface area contributed by atoms with E-state index in [0.717, 1.165) is 23.1 Å². The summed E-state index contributed by atoms with van der Waals surface area (Å²) < 4.78 is 10.4. The van der Waals surface area contributed by atoms with Gasteiger partial charge in [0, 0.05) is 12.6 Å². The molecule has 3 amide bonds. The molecule has 4 atom stereocenters. The first-order valence-electron chi connectivity index (χ1n) is 13.6. The third-order valence-electron chi connectivity index (χ3n) is 6.55. The zero-order valence-electron chi connectivity index (χ0n) is 24.6. The monoisotopic (exact) mass is 563 g/mol. The van der Waals surface area contributed by atoms with Gasteiger partial charge in [-0.1, -0.05) is 25.1 Å². The van der Waals surface area contributed by atoms with E-state index in [4.69, 9.17) is 9.47 Å². The van der Waals surface area contributed by atoms with Crippen LogP contribution in [0, 0.1) is 19.8 Å². The number of hydrogen-bond acceptors (Lipinski definition) is 7. The van der Waals surface area contributed by atoms with Gasteiger partial charge in [0.1, 0.15) is 17.7 Å². The average Bonchev–Trinajstić information content (AvgIpc) is 3.55. The first-order valence-corrected chi connectivity index (χ1v) is 15.0. The highest BCUT2D eigenvalue weighted by Crippen LogP contribution is 2.42. The van der Waals surface area contributed by atoms with Crippen molar-refractivity contribution >= 4 is 35.6 Å². The third kappa shape index (κ3) is 9.74. The molecule has 1 saturated carbocycles. The lowest BCUT2D eigenvalue weighted by Crippen LogP contribution is -2.54. The molecule has 1 aromatic rings. The number of hydrogen-bond donors (Lipinski definition) is 2. The molecule has 0 aromatic heterocycles. The zero-order chi connectivity index (χ0) is 29.3. The van der Waals surface area contributed by atoms with Gasteiger partial charge in [0.05, 0.1) is 13.0 Å². The molecule has 0 radical (unpaired) electrons. The Bertz CT molecular complexity index is 1000. The van der Waals surface area contributed by atoms with Gasteiger partial charge in [0.15, 0.2) is 0 Å². The van der Waals surface area contributed by atoms with Crippen molar-refractivity contribution in [1.29, 1.82) is 0 Å². The number of rotatable bonds is 13. The smallest absolute Gasteiger partial charge is 0.408 e. The topological polar surface area (TPSA) is 114 Å². The fourth-order valence-electron chi connectivity index (χ4n) is 4.57. The Morgan fingerprint density at radius 2 is 1.77 bits per heavy atom. The lowest BCUT2D eigenvalue weighted by molar-refractivity contribution is -0.145. The van der Waals surface area contributed by atoms with Crippen LogP contribution in [-0.2, 0) is 23.9 Å². The van der Waals surface area contributed by atoms with Crippen molar-refractivity contribution in [2.45, 2.75) is 91.5 Å². The van der Waals surface area contributed by atoms with Gasteiger partial charge in [0.25, 0.3) is 0 Å². The second-order valence-corrected chi connectivity index (χ2v) is 12.0. The Hall–Kier alpha value is -2.75. The summed E-state index contributed by atoms with van der Waals surface area (Å²) in [6, 6.07) is 3.82. The second-order valence-electron chi connectivity index (χ2n) is 11.1. The number of benzene rings is 1. The predicted octanol–water partition coefficient (Wildman–Crippen LogP) is 4.30. The number of carbonyl (C=O) groups is 4. The van der Waals surface area contributed by atoms with E-state index in [1.807, 2.05) is 45.2 Å². The summed E-state index contributed by atoms with van der Waals surface area (Å²) in [6.45, 7) is 13.3. The third-order valence-corrected chi connectivity index (χ3v) is 7.20. The van der Waals surface area contributed by atoms with Crippen LogP contribution in [-0.4, -0.2) is 71.6 Å². The van der Waals surface area contributed by atoms with Gasteiger partial charge in [-0.25, -0.2) is 4.79 Å². The number of amides is 3. The maximum absolute atomic E-state index is 14.3. The van der Waals surface area contributed by atoms with Gasteiger partial charge >= 0.3 is 12.1 Å². The molecule has 1 aromatic carbocycles. The summed E-state index contributed by atoms with van der Waals surface area (Å²) in [5, 5.41) is 5.64. The Morgan fingerprint density at radius 3 is 2.28 bits per heavy atom. The fourth-order valence-corrected chi connectivity index (χ4v) is 5.04. The quantitative estimate of drug-likeness (QED) is 0.344. The van der Waals surface area contributed by atoms with Crippen molar-refractivity contribution in [3.63, 3.8) is 0 Å². The lowest BCUT2D eigenvalue weighted by Gasteiger charge is -2.36. The molecule has 0 saturated heterocycles. The minimum absolute atomic E-state index is 0.0311. The molecule has 39 heavy (non-hydrogen) atoms. The minimum atomic E-state index is -0.923.